The quantitative estimate of drug-likeness (QED) is 0.509. The van der Waals surface area contributed by atoms with E-state index in [1.807, 2.05) is 24.3 Å². The number of aryl methyl sites for hydroxylation is 2. The number of nitrogens with one attached hydrogen (secondary N) is 2. The number of benzene rings is 2. The molecule has 1 aromatic heterocycles. The fourth-order valence-electron chi connectivity index (χ4n) is 3.20. The highest BCUT2D eigenvalue weighted by atomic mass is 32.2. The zero-order valence-corrected chi connectivity index (χ0v) is 21.0. The minimum absolute atomic E-state index is 0.0105. The summed E-state index contributed by atoms with van der Waals surface area (Å²) in [5, 5.41) is 2.74. The lowest BCUT2D eigenvalue weighted by molar-refractivity contribution is -0.122. The number of anilines is 2. The molecular weight excluding hydrogens is 452 g/mol. The molecule has 0 aliphatic heterocycles. The molecule has 1 unspecified atom stereocenters. The molecule has 3 rings (SSSR count). The fourth-order valence-corrected chi connectivity index (χ4v) is 4.15. The van der Waals surface area contributed by atoms with Gasteiger partial charge in [0.05, 0.1) is 4.90 Å². The first kappa shape index (κ1) is 25.2. The van der Waals surface area contributed by atoms with Gasteiger partial charge in [0, 0.05) is 17.1 Å². The van der Waals surface area contributed by atoms with Gasteiger partial charge in [-0.3, -0.25) is 4.79 Å². The molecule has 3 aromatic rings. The number of carbonyl (C=O) groups is 1. The molecule has 2 aromatic carbocycles. The number of hydrogen-bond acceptors (Lipinski definition) is 6. The predicted molar refractivity (Wildman–Crippen MR) is 133 cm³/mol. The highest BCUT2D eigenvalue weighted by Gasteiger charge is 2.19. The summed E-state index contributed by atoms with van der Waals surface area (Å²) < 4.78 is 33.4. The molecule has 1 atom stereocenters. The van der Waals surface area contributed by atoms with Crippen molar-refractivity contribution in [1.29, 1.82) is 0 Å². The van der Waals surface area contributed by atoms with Crippen molar-refractivity contribution in [3.63, 3.8) is 0 Å². The van der Waals surface area contributed by atoms with Crippen LogP contribution < -0.4 is 14.8 Å². The summed E-state index contributed by atoms with van der Waals surface area (Å²) in [5.41, 5.74) is 2.97. The Hall–Kier alpha value is -3.46. The van der Waals surface area contributed by atoms with E-state index in [2.05, 4.69) is 40.8 Å². The van der Waals surface area contributed by atoms with Gasteiger partial charge in [0.15, 0.2) is 6.10 Å². The molecule has 0 aliphatic carbocycles. The number of sulfonamides is 1. The maximum atomic E-state index is 12.7. The van der Waals surface area contributed by atoms with E-state index in [9.17, 15) is 13.2 Å². The lowest BCUT2D eigenvalue weighted by atomic mass is 9.87. The zero-order chi connectivity index (χ0) is 25.1. The number of aromatic nitrogens is 2. The third-order valence-electron chi connectivity index (χ3n) is 5.04. The summed E-state index contributed by atoms with van der Waals surface area (Å²) in [5.74, 6) is 0.255. The molecule has 2 N–H and O–H groups in total. The molecule has 180 valence electrons. The Morgan fingerprint density at radius 2 is 1.50 bits per heavy atom. The minimum atomic E-state index is -3.88. The van der Waals surface area contributed by atoms with Crippen molar-refractivity contribution in [3.8, 4) is 5.75 Å². The van der Waals surface area contributed by atoms with Crippen LogP contribution in [0, 0.1) is 13.8 Å². The first-order valence-corrected chi connectivity index (χ1v) is 12.3. The van der Waals surface area contributed by atoms with Crippen molar-refractivity contribution < 1.29 is 17.9 Å². The van der Waals surface area contributed by atoms with E-state index < -0.39 is 16.1 Å². The molecule has 1 amide bonds. The Bertz CT molecular complexity index is 1250. The van der Waals surface area contributed by atoms with Crippen molar-refractivity contribution in [2.45, 2.75) is 58.0 Å². The Labute approximate surface area is 200 Å². The summed E-state index contributed by atoms with van der Waals surface area (Å²) in [7, 11) is -3.88. The molecule has 0 bridgehead atoms. The van der Waals surface area contributed by atoms with Crippen LogP contribution in [0.5, 0.6) is 5.75 Å². The van der Waals surface area contributed by atoms with Gasteiger partial charge in [0.1, 0.15) is 5.75 Å². The van der Waals surface area contributed by atoms with Crippen LogP contribution in [0.4, 0.5) is 11.6 Å². The Morgan fingerprint density at radius 3 is 2.03 bits per heavy atom. The van der Waals surface area contributed by atoms with E-state index >= 15 is 0 Å². The van der Waals surface area contributed by atoms with Crippen molar-refractivity contribution >= 4 is 27.6 Å². The van der Waals surface area contributed by atoms with Crippen LogP contribution >= 0.6 is 0 Å². The van der Waals surface area contributed by atoms with Crippen molar-refractivity contribution in [3.05, 3.63) is 71.5 Å². The smallest absolute Gasteiger partial charge is 0.265 e. The largest absolute Gasteiger partial charge is 0.481 e. The van der Waals surface area contributed by atoms with E-state index in [0.717, 1.165) is 0 Å². The van der Waals surface area contributed by atoms with E-state index in [1.165, 1.54) is 29.8 Å². The van der Waals surface area contributed by atoms with Crippen molar-refractivity contribution in [2.75, 3.05) is 10.0 Å². The molecule has 0 fully saturated rings. The third kappa shape index (κ3) is 6.54. The maximum absolute atomic E-state index is 12.7. The van der Waals surface area contributed by atoms with Gasteiger partial charge in [-0.2, -0.15) is 0 Å². The average molecular weight is 483 g/mol. The first-order chi connectivity index (χ1) is 15.8. The fraction of sp³-hybridized carbons (Fsp3) is 0.320. The van der Waals surface area contributed by atoms with Gasteiger partial charge in [0.25, 0.3) is 15.9 Å². The molecule has 34 heavy (non-hydrogen) atoms. The third-order valence-corrected chi connectivity index (χ3v) is 6.39. The Morgan fingerprint density at radius 1 is 0.941 bits per heavy atom. The van der Waals surface area contributed by atoms with Crippen LogP contribution in [0.25, 0.3) is 0 Å². The monoisotopic (exact) mass is 482 g/mol. The molecule has 0 saturated carbocycles. The Kier molecular flexibility index (Phi) is 7.26. The number of nitrogens with zero attached hydrogens (tertiary/aromatic N) is 2. The minimum Gasteiger partial charge on any atom is -0.481 e. The molecule has 9 heteroatoms. The average Bonchev–Trinajstić information content (AvgIpc) is 2.72. The first-order valence-electron chi connectivity index (χ1n) is 10.9. The van der Waals surface area contributed by atoms with E-state index in [-0.39, 0.29) is 22.2 Å². The lowest BCUT2D eigenvalue weighted by Crippen LogP contribution is -2.30. The molecule has 0 saturated heterocycles. The van der Waals surface area contributed by atoms with Crippen LogP contribution in [0.3, 0.4) is 0 Å². The molecule has 0 radical (unpaired) electrons. The predicted octanol–water partition coefficient (Wildman–Crippen LogP) is 4.60. The maximum Gasteiger partial charge on any atom is 0.265 e. The standard InChI is InChI=1S/C25H30N4O4S/c1-16-15-17(2)27-24(26-16)29-34(31,32)22-13-9-20(10-14-22)28-23(30)18(3)33-21-11-7-19(8-12-21)25(4,5)6/h7-15,18H,1-6H3,(H,28,30)(H,26,27,29). The molecule has 0 aliphatic rings. The number of rotatable bonds is 7. The van der Waals surface area contributed by atoms with E-state index in [4.69, 9.17) is 4.74 Å². The van der Waals surface area contributed by atoms with Gasteiger partial charge in [-0.1, -0.05) is 32.9 Å². The number of hydrogen-bond donors (Lipinski definition) is 2. The zero-order valence-electron chi connectivity index (χ0n) is 20.2. The number of carbonyl (C=O) groups excluding carboxylic acids is 1. The van der Waals surface area contributed by atoms with Gasteiger partial charge < -0.3 is 10.1 Å². The van der Waals surface area contributed by atoms with Gasteiger partial charge in [-0.15, -0.1) is 0 Å². The van der Waals surface area contributed by atoms with Gasteiger partial charge in [-0.05, 0) is 74.2 Å². The Balaban J connectivity index is 1.62. The molecule has 1 heterocycles. The summed E-state index contributed by atoms with van der Waals surface area (Å²) >= 11 is 0. The van der Waals surface area contributed by atoms with Crippen LogP contribution in [0.2, 0.25) is 0 Å². The number of ether oxygens (including phenoxy) is 1. The van der Waals surface area contributed by atoms with Crippen LogP contribution in [-0.2, 0) is 20.2 Å². The van der Waals surface area contributed by atoms with Crippen LogP contribution in [0.15, 0.2) is 59.5 Å². The molecule has 8 nitrogen and oxygen atoms in total. The van der Waals surface area contributed by atoms with Gasteiger partial charge in [-0.25, -0.2) is 23.1 Å². The van der Waals surface area contributed by atoms with Crippen molar-refractivity contribution in [1.82, 2.24) is 9.97 Å². The van der Waals surface area contributed by atoms with E-state index in [1.54, 1.807) is 26.8 Å². The van der Waals surface area contributed by atoms with Crippen molar-refractivity contribution in [2.24, 2.45) is 0 Å². The van der Waals surface area contributed by atoms with Crippen LogP contribution in [0.1, 0.15) is 44.6 Å². The number of amides is 1. The van der Waals surface area contributed by atoms with E-state index in [0.29, 0.717) is 22.8 Å². The van der Waals surface area contributed by atoms with Gasteiger partial charge >= 0.3 is 0 Å². The summed E-state index contributed by atoms with van der Waals surface area (Å²) in [6.07, 6.45) is -0.743. The summed E-state index contributed by atoms with van der Waals surface area (Å²) in [6, 6.07) is 15.2. The highest BCUT2D eigenvalue weighted by molar-refractivity contribution is 7.92. The SMILES string of the molecule is Cc1cc(C)nc(NS(=O)(=O)c2ccc(NC(=O)C(C)Oc3ccc(C(C)(C)C)cc3)cc2)n1. The molecular formula is C25H30N4O4S. The second kappa shape index (κ2) is 9.80. The summed E-state index contributed by atoms with van der Waals surface area (Å²) in [6.45, 7) is 11.6. The highest BCUT2D eigenvalue weighted by Crippen LogP contribution is 2.25. The lowest BCUT2D eigenvalue weighted by Gasteiger charge is -2.20. The second-order valence-corrected chi connectivity index (χ2v) is 10.8. The van der Waals surface area contributed by atoms with Gasteiger partial charge in [0.2, 0.25) is 5.95 Å². The second-order valence-electron chi connectivity index (χ2n) is 9.13. The van der Waals surface area contributed by atoms with Crippen LogP contribution in [-0.4, -0.2) is 30.4 Å². The molecule has 0 spiro atoms. The summed E-state index contributed by atoms with van der Waals surface area (Å²) in [4.78, 5) is 20.8. The normalized spacial score (nSPS) is 12.6. The topological polar surface area (TPSA) is 110 Å².